The van der Waals surface area contributed by atoms with E-state index in [0.717, 1.165) is 12.8 Å². The van der Waals surface area contributed by atoms with Crippen molar-refractivity contribution in [3.05, 3.63) is 12.2 Å². The SMILES string of the molecule is [B]C1C=[C+]CC1. The van der Waals surface area contributed by atoms with Crippen molar-refractivity contribution >= 4 is 7.85 Å². The summed E-state index contributed by atoms with van der Waals surface area (Å²) < 4.78 is 0. The fraction of sp³-hybridized carbons (Fsp3) is 0.600. The fourth-order valence-corrected chi connectivity index (χ4v) is 0.568. The first-order valence-corrected chi connectivity index (χ1v) is 2.22. The van der Waals surface area contributed by atoms with Crippen LogP contribution in [0.25, 0.3) is 0 Å². The van der Waals surface area contributed by atoms with Crippen LogP contribution in [0.5, 0.6) is 0 Å². The average molecular weight is 76.9 g/mol. The van der Waals surface area contributed by atoms with Crippen molar-refractivity contribution in [2.24, 2.45) is 0 Å². The molecule has 0 fully saturated rings. The van der Waals surface area contributed by atoms with Gasteiger partial charge in [-0.15, -0.1) is 0 Å². The third-order valence-corrected chi connectivity index (χ3v) is 0.954. The van der Waals surface area contributed by atoms with Gasteiger partial charge in [0.2, 0.25) is 6.08 Å². The second-order valence-electron chi connectivity index (χ2n) is 1.57. The Morgan fingerprint density at radius 2 is 2.67 bits per heavy atom. The maximum absolute atomic E-state index is 5.42. The fourth-order valence-electron chi connectivity index (χ4n) is 0.568. The summed E-state index contributed by atoms with van der Waals surface area (Å²) in [6.07, 6.45) is 7.11. The standard InChI is InChI=1S/C5H6B/c6-5-3-1-2-4-5/h4-5H,1,3H2/q+1. The Kier molecular flexibility index (Phi) is 0.936. The first-order valence-electron chi connectivity index (χ1n) is 2.22. The van der Waals surface area contributed by atoms with Crippen LogP contribution in [0.2, 0.25) is 5.82 Å². The van der Waals surface area contributed by atoms with E-state index in [1.165, 1.54) is 0 Å². The van der Waals surface area contributed by atoms with Crippen LogP contribution in [-0.2, 0) is 0 Å². The van der Waals surface area contributed by atoms with Gasteiger partial charge in [-0.2, -0.15) is 0 Å². The smallest absolute Gasteiger partial charge is 0.00659 e. The highest BCUT2D eigenvalue weighted by Crippen LogP contribution is 2.16. The van der Waals surface area contributed by atoms with Crippen LogP contribution in [-0.4, -0.2) is 7.85 Å². The second-order valence-corrected chi connectivity index (χ2v) is 1.57. The predicted molar refractivity (Wildman–Crippen MR) is 26.6 cm³/mol. The van der Waals surface area contributed by atoms with Crippen LogP contribution in [0.1, 0.15) is 12.8 Å². The molecule has 0 saturated carbocycles. The van der Waals surface area contributed by atoms with E-state index in [9.17, 15) is 0 Å². The van der Waals surface area contributed by atoms with Crippen molar-refractivity contribution in [1.29, 1.82) is 0 Å². The van der Waals surface area contributed by atoms with Crippen molar-refractivity contribution in [3.63, 3.8) is 0 Å². The monoisotopic (exact) mass is 77.1 g/mol. The molecule has 2 radical (unpaired) electrons. The van der Waals surface area contributed by atoms with E-state index in [0.29, 0.717) is 5.82 Å². The Balaban J connectivity index is 2.38. The summed E-state index contributed by atoms with van der Waals surface area (Å²) in [6, 6.07) is 0. The van der Waals surface area contributed by atoms with Crippen LogP contribution >= 0.6 is 0 Å². The molecule has 0 saturated heterocycles. The van der Waals surface area contributed by atoms with E-state index >= 15 is 0 Å². The molecule has 0 aromatic heterocycles. The first-order chi connectivity index (χ1) is 2.89. The molecular weight excluding hydrogens is 70.9 g/mol. The molecule has 0 bridgehead atoms. The highest BCUT2D eigenvalue weighted by molar-refractivity contribution is 6.13. The first kappa shape index (κ1) is 3.89. The molecule has 1 aliphatic carbocycles. The van der Waals surface area contributed by atoms with Crippen LogP contribution in [0, 0.1) is 6.08 Å². The normalized spacial score (nSPS) is 30.3. The van der Waals surface area contributed by atoms with Gasteiger partial charge in [0.15, 0.2) is 6.42 Å². The molecule has 1 rings (SSSR count). The largest absolute Gasteiger partial charge is 0.217 e. The van der Waals surface area contributed by atoms with Crippen molar-refractivity contribution < 1.29 is 0 Å². The third kappa shape index (κ3) is 0.607. The van der Waals surface area contributed by atoms with E-state index in [-0.39, 0.29) is 0 Å². The zero-order valence-corrected chi connectivity index (χ0v) is 3.65. The van der Waals surface area contributed by atoms with Crippen LogP contribution in [0.3, 0.4) is 0 Å². The number of hydrogen-bond acceptors (Lipinski definition) is 0. The lowest BCUT2D eigenvalue weighted by molar-refractivity contribution is 0.918. The molecule has 0 spiro atoms. The molecule has 0 aromatic carbocycles. The highest BCUT2D eigenvalue weighted by Gasteiger charge is 2.11. The Bertz CT molecular complexity index is 66.3. The second kappa shape index (κ2) is 1.44. The van der Waals surface area contributed by atoms with Gasteiger partial charge in [-0.25, -0.2) is 0 Å². The van der Waals surface area contributed by atoms with Gasteiger partial charge < -0.3 is 0 Å². The Morgan fingerprint density at radius 1 is 1.83 bits per heavy atom. The topological polar surface area (TPSA) is 0 Å². The van der Waals surface area contributed by atoms with Crippen molar-refractivity contribution in [1.82, 2.24) is 0 Å². The van der Waals surface area contributed by atoms with E-state index in [4.69, 9.17) is 7.85 Å². The minimum atomic E-state index is 0.310. The molecule has 1 atom stereocenters. The summed E-state index contributed by atoms with van der Waals surface area (Å²) >= 11 is 0. The zero-order chi connectivity index (χ0) is 4.41. The van der Waals surface area contributed by atoms with Crippen molar-refractivity contribution in [2.75, 3.05) is 0 Å². The van der Waals surface area contributed by atoms with Crippen LogP contribution in [0.15, 0.2) is 6.08 Å². The Labute approximate surface area is 39.7 Å². The minimum absolute atomic E-state index is 0.310. The molecule has 1 heteroatoms. The molecule has 1 aliphatic rings. The van der Waals surface area contributed by atoms with E-state index in [1.54, 1.807) is 0 Å². The van der Waals surface area contributed by atoms with E-state index in [1.807, 2.05) is 6.08 Å². The molecule has 1 unspecified atom stereocenters. The quantitative estimate of drug-likeness (QED) is 0.300. The molecule has 0 N–H and O–H groups in total. The van der Waals surface area contributed by atoms with Gasteiger partial charge in [0.25, 0.3) is 0 Å². The summed E-state index contributed by atoms with van der Waals surface area (Å²) in [4.78, 5) is 0. The molecular formula is C5H6B+. The lowest BCUT2D eigenvalue weighted by atomic mass is 9.88. The van der Waals surface area contributed by atoms with Gasteiger partial charge in [-0.05, 0) is 5.82 Å². The summed E-state index contributed by atoms with van der Waals surface area (Å²) in [5.41, 5.74) is 0. The van der Waals surface area contributed by atoms with E-state index < -0.39 is 0 Å². The van der Waals surface area contributed by atoms with Crippen molar-refractivity contribution in [2.45, 2.75) is 18.7 Å². The third-order valence-electron chi connectivity index (χ3n) is 0.954. The molecule has 0 nitrogen and oxygen atoms in total. The van der Waals surface area contributed by atoms with Crippen LogP contribution < -0.4 is 0 Å². The van der Waals surface area contributed by atoms with Gasteiger partial charge in [0, 0.05) is 6.42 Å². The van der Waals surface area contributed by atoms with E-state index in [2.05, 4.69) is 6.08 Å². The molecule has 0 amide bonds. The van der Waals surface area contributed by atoms with Crippen LogP contribution in [0.4, 0.5) is 0 Å². The van der Waals surface area contributed by atoms with Gasteiger partial charge in [-0.1, -0.05) is 0 Å². The number of allylic oxidation sites excluding steroid dienone is 2. The lowest BCUT2D eigenvalue weighted by Crippen LogP contribution is -1.76. The van der Waals surface area contributed by atoms with Gasteiger partial charge >= 0.3 is 0 Å². The number of hydrogen-bond donors (Lipinski definition) is 0. The summed E-state index contributed by atoms with van der Waals surface area (Å²) in [5.74, 6) is 0.310. The highest BCUT2D eigenvalue weighted by atomic mass is 14.0. The molecule has 0 aromatic rings. The predicted octanol–water partition coefficient (Wildman–Crippen LogP) is 1.10. The summed E-state index contributed by atoms with van der Waals surface area (Å²) in [6.45, 7) is 0. The Morgan fingerprint density at radius 3 is 2.83 bits per heavy atom. The Hall–Kier alpha value is -0.285. The zero-order valence-electron chi connectivity index (χ0n) is 3.65. The molecule has 28 valence electrons. The van der Waals surface area contributed by atoms with Crippen molar-refractivity contribution in [3.8, 4) is 0 Å². The summed E-state index contributed by atoms with van der Waals surface area (Å²) in [5, 5.41) is 0. The summed E-state index contributed by atoms with van der Waals surface area (Å²) in [7, 11) is 5.42. The lowest BCUT2D eigenvalue weighted by Gasteiger charge is -1.81. The minimum Gasteiger partial charge on any atom is -0.00659 e. The molecule has 6 heavy (non-hydrogen) atoms. The average Bonchev–Trinajstić information content (AvgIpc) is 1.86. The molecule has 0 aliphatic heterocycles. The van der Waals surface area contributed by atoms with Gasteiger partial charge in [-0.3, -0.25) is 0 Å². The number of rotatable bonds is 0. The molecule has 0 heterocycles. The van der Waals surface area contributed by atoms with Gasteiger partial charge in [0.05, 0.1) is 7.85 Å². The maximum Gasteiger partial charge on any atom is 0.217 e. The maximum atomic E-state index is 5.42. The van der Waals surface area contributed by atoms with Gasteiger partial charge in [0.1, 0.15) is 6.08 Å².